The third-order valence-corrected chi connectivity index (χ3v) is 7.45. The minimum absolute atomic E-state index is 0. The summed E-state index contributed by atoms with van der Waals surface area (Å²) in [6.07, 6.45) is 0. The highest BCUT2D eigenvalue weighted by molar-refractivity contribution is 7.21. The topological polar surface area (TPSA) is 93.4 Å². The normalized spacial score (nSPS) is 13.5. The first-order valence-corrected chi connectivity index (χ1v) is 12.5. The summed E-state index contributed by atoms with van der Waals surface area (Å²) in [5.41, 5.74) is 3.33. The second-order valence-corrected chi connectivity index (χ2v) is 10.0. The lowest BCUT2D eigenvalue weighted by Crippen LogP contribution is -2.44. The molecule has 1 saturated heterocycles. The van der Waals surface area contributed by atoms with E-state index in [1.54, 1.807) is 18.2 Å². The number of carbonyl (C=O) groups excluding carboxylic acids is 2. The van der Waals surface area contributed by atoms with Crippen LogP contribution in [0, 0.1) is 0 Å². The van der Waals surface area contributed by atoms with E-state index in [-0.39, 0.29) is 36.6 Å². The Hall–Kier alpha value is -2.82. The zero-order chi connectivity index (χ0) is 24.4. The molecule has 0 bridgehead atoms. The van der Waals surface area contributed by atoms with Crippen LogP contribution < -0.4 is 15.5 Å². The van der Waals surface area contributed by atoms with Crippen molar-refractivity contribution in [1.82, 2.24) is 20.4 Å². The van der Waals surface area contributed by atoms with Crippen LogP contribution in [-0.2, 0) is 6.54 Å². The van der Waals surface area contributed by atoms with Crippen molar-refractivity contribution in [3.8, 4) is 0 Å². The molecule has 0 saturated carbocycles. The van der Waals surface area contributed by atoms with Gasteiger partial charge in [-0.05, 0) is 55.1 Å². The first-order chi connectivity index (χ1) is 17.0. The van der Waals surface area contributed by atoms with Crippen molar-refractivity contribution in [2.75, 3.05) is 43.4 Å². The van der Waals surface area contributed by atoms with Gasteiger partial charge in [0.1, 0.15) is 0 Å². The molecule has 1 aliphatic rings. The molecule has 1 aliphatic heterocycles. The quantitative estimate of drug-likeness (QED) is 0.296. The van der Waals surface area contributed by atoms with Gasteiger partial charge in [0, 0.05) is 49.0 Å². The zero-order valence-corrected chi connectivity index (χ0v) is 23.2. The van der Waals surface area contributed by atoms with Crippen LogP contribution in [0.25, 0.3) is 10.2 Å². The highest BCUT2D eigenvalue weighted by Gasteiger charge is 2.18. The summed E-state index contributed by atoms with van der Waals surface area (Å²) in [7, 11) is 2.13. The second kappa shape index (κ2) is 12.6. The number of rotatable bonds is 6. The molecule has 3 N–H and O–H groups in total. The summed E-state index contributed by atoms with van der Waals surface area (Å²) in [5, 5.41) is 13.5. The van der Waals surface area contributed by atoms with Crippen LogP contribution in [0.4, 0.5) is 11.5 Å². The van der Waals surface area contributed by atoms with Gasteiger partial charge in [-0.2, -0.15) is 5.10 Å². The molecule has 0 unspecified atom stereocenters. The number of nitrogens with zero attached hydrogens (tertiary/aromatic N) is 3. The maximum atomic E-state index is 12.8. The van der Waals surface area contributed by atoms with Gasteiger partial charge < -0.3 is 20.4 Å². The van der Waals surface area contributed by atoms with E-state index in [1.807, 2.05) is 36.4 Å². The number of thiophene rings is 1. The van der Waals surface area contributed by atoms with Gasteiger partial charge in [-0.15, -0.1) is 36.2 Å². The minimum atomic E-state index is -0.245. The molecule has 4 aromatic rings. The Bertz CT molecular complexity index is 1350. The molecule has 0 radical (unpaired) electrons. The number of H-pyrrole nitrogens is 1. The predicted octanol–water partition coefficient (Wildman–Crippen LogP) is 5.06. The summed E-state index contributed by atoms with van der Waals surface area (Å²) in [5.74, 6) is -0.0216. The highest BCUT2D eigenvalue weighted by atomic mass is 35.5. The van der Waals surface area contributed by atoms with E-state index in [2.05, 4.69) is 37.7 Å². The monoisotopic (exact) mass is 580 g/mol. The molecule has 1 fully saturated rings. The molecule has 2 aromatic carbocycles. The number of hydrogen-bond acceptors (Lipinski definition) is 6. The van der Waals surface area contributed by atoms with Crippen LogP contribution in [0.1, 0.15) is 25.6 Å². The number of aromatic amines is 1. The highest BCUT2D eigenvalue weighted by Crippen LogP contribution is 2.30. The van der Waals surface area contributed by atoms with E-state index >= 15 is 0 Å². The van der Waals surface area contributed by atoms with Crippen LogP contribution in [0.3, 0.4) is 0 Å². The maximum Gasteiger partial charge on any atom is 0.261 e. The summed E-state index contributed by atoms with van der Waals surface area (Å²) < 4.78 is 0.726. The second-order valence-electron chi connectivity index (χ2n) is 8.53. The van der Waals surface area contributed by atoms with Crippen molar-refractivity contribution in [3.63, 3.8) is 0 Å². The van der Waals surface area contributed by atoms with Crippen LogP contribution in [0.5, 0.6) is 0 Å². The number of amides is 2. The smallest absolute Gasteiger partial charge is 0.261 e. The average molecular weight is 582 g/mol. The molecular weight excluding hydrogens is 555 g/mol. The van der Waals surface area contributed by atoms with Crippen LogP contribution in [0.15, 0.2) is 54.6 Å². The molecule has 196 valence electrons. The lowest BCUT2D eigenvalue weighted by Gasteiger charge is -2.34. The Morgan fingerprint density at radius 3 is 2.35 bits per heavy atom. The molecule has 0 aliphatic carbocycles. The SMILES string of the molecule is CN1CCN(c2ccc(C(=O)Nc3n[nH]c4cc(C(=O)NCc5ccc(Cl)cc5)sc34)cc2)CC1.Cl.Cl. The number of likely N-dealkylation sites (N-methyl/N-ethyl adjacent to an activating group) is 1. The lowest BCUT2D eigenvalue weighted by atomic mass is 10.1. The fraction of sp³-hybridized carbons (Fsp3) is 0.240. The largest absolute Gasteiger partial charge is 0.369 e. The van der Waals surface area contributed by atoms with Crippen LogP contribution >= 0.6 is 47.8 Å². The van der Waals surface area contributed by atoms with Crippen molar-refractivity contribution in [2.45, 2.75) is 6.54 Å². The number of piperazine rings is 1. The molecule has 12 heteroatoms. The van der Waals surface area contributed by atoms with E-state index in [9.17, 15) is 9.59 Å². The minimum Gasteiger partial charge on any atom is -0.369 e. The molecule has 5 rings (SSSR count). The first-order valence-electron chi connectivity index (χ1n) is 11.3. The van der Waals surface area contributed by atoms with Crippen LogP contribution in [-0.4, -0.2) is 60.1 Å². The van der Waals surface area contributed by atoms with Crippen molar-refractivity contribution in [2.24, 2.45) is 0 Å². The Kier molecular flexibility index (Phi) is 9.80. The number of aromatic nitrogens is 2. The Morgan fingerprint density at radius 2 is 1.68 bits per heavy atom. The number of benzene rings is 2. The van der Waals surface area contributed by atoms with Gasteiger partial charge in [0.15, 0.2) is 5.82 Å². The summed E-state index contributed by atoms with van der Waals surface area (Å²) in [6, 6.07) is 16.7. The van der Waals surface area contributed by atoms with Gasteiger partial charge in [-0.3, -0.25) is 14.7 Å². The standard InChI is InChI=1S/C25H25ClN6O2S.2ClH/c1-31-10-12-32(13-11-31)19-8-4-17(5-9-19)24(33)28-23-22-20(29-30-23)14-21(35-22)25(34)27-15-16-2-6-18(26)7-3-16;;/h2-9,14H,10-13,15H2,1H3,(H,27,34)(H2,28,29,30,33);2*1H. The third-order valence-electron chi connectivity index (χ3n) is 6.06. The number of anilines is 2. The molecule has 2 aromatic heterocycles. The molecule has 0 atom stereocenters. The number of hydrogen-bond donors (Lipinski definition) is 3. The molecular formula is C25H27Cl3N6O2S. The van der Waals surface area contributed by atoms with E-state index < -0.39 is 0 Å². The molecule has 0 spiro atoms. The molecule has 3 heterocycles. The van der Waals surface area contributed by atoms with Crippen molar-refractivity contribution < 1.29 is 9.59 Å². The third kappa shape index (κ3) is 6.74. The van der Waals surface area contributed by atoms with Crippen molar-refractivity contribution in [1.29, 1.82) is 0 Å². The Labute approximate surface area is 236 Å². The number of fused-ring (bicyclic) bond motifs is 1. The van der Waals surface area contributed by atoms with Gasteiger partial charge in [0.05, 0.1) is 15.1 Å². The fourth-order valence-electron chi connectivity index (χ4n) is 3.95. The van der Waals surface area contributed by atoms with Gasteiger partial charge in [-0.25, -0.2) is 0 Å². The summed E-state index contributed by atoms with van der Waals surface area (Å²) >= 11 is 7.19. The zero-order valence-electron chi connectivity index (χ0n) is 20.0. The predicted molar refractivity (Wildman–Crippen MR) is 155 cm³/mol. The average Bonchev–Trinajstić information content (AvgIpc) is 3.46. The molecule has 37 heavy (non-hydrogen) atoms. The summed E-state index contributed by atoms with van der Waals surface area (Å²) in [6.45, 7) is 4.40. The van der Waals surface area contributed by atoms with Gasteiger partial charge in [0.25, 0.3) is 11.8 Å². The van der Waals surface area contributed by atoms with E-state index in [4.69, 9.17) is 11.6 Å². The molecule has 2 amide bonds. The van der Waals surface area contributed by atoms with E-state index in [0.717, 1.165) is 42.1 Å². The van der Waals surface area contributed by atoms with Gasteiger partial charge in [0.2, 0.25) is 0 Å². The Balaban J connectivity index is 0.00000190. The van der Waals surface area contributed by atoms with Gasteiger partial charge in [-0.1, -0.05) is 23.7 Å². The number of carbonyl (C=O) groups is 2. The number of halogens is 3. The molecule has 8 nitrogen and oxygen atoms in total. The van der Waals surface area contributed by atoms with Crippen molar-refractivity contribution >= 4 is 81.3 Å². The van der Waals surface area contributed by atoms with Crippen molar-refractivity contribution in [3.05, 3.63) is 75.6 Å². The fourth-order valence-corrected chi connectivity index (χ4v) is 5.05. The van der Waals surface area contributed by atoms with Crippen LogP contribution in [0.2, 0.25) is 5.02 Å². The Morgan fingerprint density at radius 1 is 1.00 bits per heavy atom. The maximum absolute atomic E-state index is 12.8. The lowest BCUT2D eigenvalue weighted by molar-refractivity contribution is 0.0954. The summed E-state index contributed by atoms with van der Waals surface area (Å²) in [4.78, 5) is 30.6. The van der Waals surface area contributed by atoms with E-state index in [1.165, 1.54) is 11.3 Å². The van der Waals surface area contributed by atoms with Gasteiger partial charge >= 0.3 is 0 Å². The van der Waals surface area contributed by atoms with E-state index in [0.29, 0.717) is 33.3 Å². The number of nitrogens with one attached hydrogen (secondary N) is 3. The first kappa shape index (κ1) is 28.7.